The molecule has 0 amide bonds. The first-order valence-corrected chi connectivity index (χ1v) is 5.62. The van der Waals surface area contributed by atoms with E-state index in [2.05, 4.69) is 19.2 Å². The molecule has 1 aliphatic rings. The molecule has 0 aromatic heterocycles. The van der Waals surface area contributed by atoms with Gasteiger partial charge >= 0.3 is 0 Å². The van der Waals surface area contributed by atoms with Crippen molar-refractivity contribution in [3.8, 4) is 0 Å². The third-order valence-corrected chi connectivity index (χ3v) is 3.24. The highest BCUT2D eigenvalue weighted by Crippen LogP contribution is 2.26. The standard InChI is InChI=1S/C13H18FN/c1-13(2,15-12-4-3-5-12)10-6-8-11(14)9-7-10/h6-9,12,15H,3-5H2,1-2H3. The Kier molecular flexibility index (Phi) is 2.79. The van der Waals surface area contributed by atoms with Crippen molar-refractivity contribution in [3.05, 3.63) is 35.6 Å². The Bertz CT molecular complexity index is 325. The van der Waals surface area contributed by atoms with Gasteiger partial charge in [0.2, 0.25) is 0 Å². The minimum Gasteiger partial charge on any atom is -0.305 e. The number of rotatable bonds is 3. The molecule has 0 bridgehead atoms. The summed E-state index contributed by atoms with van der Waals surface area (Å²) in [4.78, 5) is 0. The van der Waals surface area contributed by atoms with Crippen molar-refractivity contribution in [1.29, 1.82) is 0 Å². The van der Waals surface area contributed by atoms with Crippen molar-refractivity contribution in [3.63, 3.8) is 0 Å². The van der Waals surface area contributed by atoms with E-state index in [9.17, 15) is 4.39 Å². The van der Waals surface area contributed by atoms with E-state index in [4.69, 9.17) is 0 Å². The highest BCUT2D eigenvalue weighted by atomic mass is 19.1. The Morgan fingerprint density at radius 2 is 1.80 bits per heavy atom. The summed E-state index contributed by atoms with van der Waals surface area (Å²) in [5, 5.41) is 3.61. The molecule has 2 heteroatoms. The normalized spacial score (nSPS) is 17.5. The van der Waals surface area contributed by atoms with Gasteiger partial charge < -0.3 is 5.32 Å². The first kappa shape index (κ1) is 10.6. The summed E-state index contributed by atoms with van der Waals surface area (Å²) in [5.41, 5.74) is 1.09. The van der Waals surface area contributed by atoms with Crippen LogP contribution in [0.1, 0.15) is 38.7 Å². The Morgan fingerprint density at radius 3 is 2.27 bits per heavy atom. The monoisotopic (exact) mass is 207 g/mol. The molecule has 0 unspecified atom stereocenters. The minimum absolute atomic E-state index is 0.0568. The fourth-order valence-corrected chi connectivity index (χ4v) is 2.01. The van der Waals surface area contributed by atoms with Gasteiger partial charge in [-0.05, 0) is 44.4 Å². The minimum atomic E-state index is -0.168. The summed E-state index contributed by atoms with van der Waals surface area (Å²) in [6, 6.07) is 7.42. The average molecular weight is 207 g/mol. The van der Waals surface area contributed by atoms with Crippen LogP contribution in [0.5, 0.6) is 0 Å². The van der Waals surface area contributed by atoms with Crippen molar-refractivity contribution in [2.45, 2.75) is 44.7 Å². The van der Waals surface area contributed by atoms with Gasteiger partial charge in [-0.2, -0.15) is 0 Å². The third kappa shape index (κ3) is 2.37. The van der Waals surface area contributed by atoms with Gasteiger partial charge in [-0.15, -0.1) is 0 Å². The quantitative estimate of drug-likeness (QED) is 0.802. The van der Waals surface area contributed by atoms with Gasteiger partial charge in [0.1, 0.15) is 5.82 Å². The zero-order valence-corrected chi connectivity index (χ0v) is 9.39. The van der Waals surface area contributed by atoms with E-state index < -0.39 is 0 Å². The SMILES string of the molecule is CC(C)(NC1CCC1)c1ccc(F)cc1. The summed E-state index contributed by atoms with van der Waals surface area (Å²) >= 11 is 0. The van der Waals surface area contributed by atoms with Gasteiger partial charge in [0.05, 0.1) is 0 Å². The molecule has 1 aromatic rings. The highest BCUT2D eigenvalue weighted by molar-refractivity contribution is 5.23. The fraction of sp³-hybridized carbons (Fsp3) is 0.538. The van der Waals surface area contributed by atoms with E-state index in [0.717, 1.165) is 5.56 Å². The molecule has 0 radical (unpaired) electrons. The second-order valence-corrected chi connectivity index (χ2v) is 4.90. The van der Waals surface area contributed by atoms with Crippen LogP contribution in [0.25, 0.3) is 0 Å². The molecule has 0 saturated heterocycles. The number of hydrogen-bond donors (Lipinski definition) is 1. The summed E-state index contributed by atoms with van der Waals surface area (Å²) in [5.74, 6) is -0.168. The van der Waals surface area contributed by atoms with Crippen molar-refractivity contribution in [2.75, 3.05) is 0 Å². The van der Waals surface area contributed by atoms with Crippen molar-refractivity contribution < 1.29 is 4.39 Å². The maximum absolute atomic E-state index is 12.8. The van der Waals surface area contributed by atoms with Gasteiger partial charge in [-0.25, -0.2) is 4.39 Å². The predicted molar refractivity (Wildman–Crippen MR) is 60.2 cm³/mol. The summed E-state index contributed by atoms with van der Waals surface area (Å²) in [7, 11) is 0. The molecule has 1 saturated carbocycles. The fourth-order valence-electron chi connectivity index (χ4n) is 2.01. The topological polar surface area (TPSA) is 12.0 Å². The molecule has 1 aromatic carbocycles. The van der Waals surface area contributed by atoms with Crippen LogP contribution < -0.4 is 5.32 Å². The highest BCUT2D eigenvalue weighted by Gasteiger charge is 2.27. The molecule has 1 N–H and O–H groups in total. The van der Waals surface area contributed by atoms with Crippen LogP contribution in [-0.4, -0.2) is 6.04 Å². The van der Waals surface area contributed by atoms with E-state index in [1.807, 2.05) is 12.1 Å². The lowest BCUT2D eigenvalue weighted by atomic mass is 9.87. The van der Waals surface area contributed by atoms with Crippen molar-refractivity contribution >= 4 is 0 Å². The Balaban J connectivity index is 2.09. The Labute approximate surface area is 90.7 Å². The lowest BCUT2D eigenvalue weighted by Crippen LogP contribution is -2.46. The lowest BCUT2D eigenvalue weighted by molar-refractivity contribution is 0.254. The maximum Gasteiger partial charge on any atom is 0.123 e. The summed E-state index contributed by atoms with van der Waals surface area (Å²) in [6.45, 7) is 4.30. The molecule has 1 nitrogen and oxygen atoms in total. The first-order valence-electron chi connectivity index (χ1n) is 5.62. The Morgan fingerprint density at radius 1 is 1.20 bits per heavy atom. The molecule has 1 fully saturated rings. The van der Waals surface area contributed by atoms with E-state index in [0.29, 0.717) is 6.04 Å². The van der Waals surface area contributed by atoms with Gasteiger partial charge in [0, 0.05) is 11.6 Å². The van der Waals surface area contributed by atoms with Gasteiger partial charge in [-0.3, -0.25) is 0 Å². The molecule has 0 aliphatic heterocycles. The van der Waals surface area contributed by atoms with Crippen LogP contribution in [0, 0.1) is 5.82 Å². The van der Waals surface area contributed by atoms with Crippen LogP contribution in [0.2, 0.25) is 0 Å². The van der Waals surface area contributed by atoms with Gasteiger partial charge in [-0.1, -0.05) is 18.6 Å². The number of hydrogen-bond acceptors (Lipinski definition) is 1. The number of nitrogens with one attached hydrogen (secondary N) is 1. The van der Waals surface area contributed by atoms with Gasteiger partial charge in [0.15, 0.2) is 0 Å². The van der Waals surface area contributed by atoms with Crippen molar-refractivity contribution in [2.24, 2.45) is 0 Å². The van der Waals surface area contributed by atoms with Crippen molar-refractivity contribution in [1.82, 2.24) is 5.32 Å². The van der Waals surface area contributed by atoms with Crippen LogP contribution >= 0.6 is 0 Å². The first-order chi connectivity index (χ1) is 7.08. The Hall–Kier alpha value is -0.890. The molecule has 0 spiro atoms. The molecular formula is C13H18FN. The largest absolute Gasteiger partial charge is 0.305 e. The second-order valence-electron chi connectivity index (χ2n) is 4.90. The molecular weight excluding hydrogens is 189 g/mol. The summed E-state index contributed by atoms with van der Waals surface area (Å²) in [6.07, 6.45) is 3.87. The van der Waals surface area contributed by atoms with Crippen LogP contribution in [0.4, 0.5) is 4.39 Å². The molecule has 82 valence electrons. The van der Waals surface area contributed by atoms with E-state index in [1.54, 1.807) is 0 Å². The second kappa shape index (κ2) is 3.93. The van der Waals surface area contributed by atoms with Crippen LogP contribution in [-0.2, 0) is 5.54 Å². The number of halogens is 1. The predicted octanol–water partition coefficient (Wildman–Crippen LogP) is 3.20. The van der Waals surface area contributed by atoms with E-state index >= 15 is 0 Å². The zero-order valence-electron chi connectivity index (χ0n) is 9.39. The molecule has 0 heterocycles. The third-order valence-electron chi connectivity index (χ3n) is 3.24. The zero-order chi connectivity index (χ0) is 10.9. The smallest absolute Gasteiger partial charge is 0.123 e. The average Bonchev–Trinajstić information content (AvgIpc) is 2.13. The molecule has 2 rings (SSSR count). The van der Waals surface area contributed by atoms with E-state index in [-0.39, 0.29) is 11.4 Å². The van der Waals surface area contributed by atoms with Crippen LogP contribution in [0.15, 0.2) is 24.3 Å². The molecule has 15 heavy (non-hydrogen) atoms. The summed E-state index contributed by atoms with van der Waals surface area (Å²) < 4.78 is 12.8. The van der Waals surface area contributed by atoms with Gasteiger partial charge in [0.25, 0.3) is 0 Å². The molecule has 0 atom stereocenters. The lowest BCUT2D eigenvalue weighted by Gasteiger charge is -2.36. The molecule has 1 aliphatic carbocycles. The van der Waals surface area contributed by atoms with Crippen LogP contribution in [0.3, 0.4) is 0 Å². The number of benzene rings is 1. The van der Waals surface area contributed by atoms with E-state index in [1.165, 1.54) is 31.4 Å². The maximum atomic E-state index is 12.8.